The van der Waals surface area contributed by atoms with Crippen LogP contribution >= 0.6 is 0 Å². The van der Waals surface area contributed by atoms with Crippen molar-refractivity contribution in [3.63, 3.8) is 0 Å². The van der Waals surface area contributed by atoms with Crippen LogP contribution in [0.25, 0.3) is 0 Å². The maximum atomic E-state index is 12.1. The number of amides is 1. The van der Waals surface area contributed by atoms with Gasteiger partial charge in [0, 0.05) is 19.5 Å². The lowest BCUT2D eigenvalue weighted by atomic mass is 10.0. The van der Waals surface area contributed by atoms with Gasteiger partial charge in [0.15, 0.2) is 0 Å². The van der Waals surface area contributed by atoms with E-state index in [2.05, 4.69) is 6.92 Å². The normalized spacial score (nSPS) is 10.8. The molecule has 154 valence electrons. The Morgan fingerprint density at radius 2 is 1.15 bits per heavy atom. The van der Waals surface area contributed by atoms with Crippen LogP contribution in [0.3, 0.4) is 0 Å². The maximum absolute atomic E-state index is 12.1. The number of hydrogen-bond donors (Lipinski definition) is 2. The summed E-state index contributed by atoms with van der Waals surface area (Å²) in [6.45, 7) is 2.54. The highest BCUT2D eigenvalue weighted by atomic mass is 16.4. The SMILES string of the molecule is CCCCCCCCCCCCCCCC(=O)N(CCO)CCC(=O)O. The molecule has 0 bridgehead atoms. The average molecular weight is 372 g/mol. The van der Waals surface area contributed by atoms with E-state index in [4.69, 9.17) is 10.2 Å². The molecule has 26 heavy (non-hydrogen) atoms. The lowest BCUT2D eigenvalue weighted by molar-refractivity contribution is -0.138. The van der Waals surface area contributed by atoms with E-state index in [1.165, 1.54) is 75.5 Å². The van der Waals surface area contributed by atoms with Crippen LogP contribution in [0.4, 0.5) is 0 Å². The summed E-state index contributed by atoms with van der Waals surface area (Å²) in [5, 5.41) is 17.7. The van der Waals surface area contributed by atoms with Crippen LogP contribution in [0.15, 0.2) is 0 Å². The minimum atomic E-state index is -0.915. The topological polar surface area (TPSA) is 77.8 Å². The van der Waals surface area contributed by atoms with Gasteiger partial charge in [-0.15, -0.1) is 0 Å². The van der Waals surface area contributed by atoms with E-state index < -0.39 is 5.97 Å². The number of carbonyl (C=O) groups is 2. The number of nitrogens with zero attached hydrogens (tertiary/aromatic N) is 1. The van der Waals surface area contributed by atoms with Crippen molar-refractivity contribution in [2.45, 2.75) is 103 Å². The molecule has 0 aliphatic carbocycles. The molecule has 5 heteroatoms. The molecule has 0 aromatic carbocycles. The third-order valence-corrected chi connectivity index (χ3v) is 4.81. The Kier molecular flexibility index (Phi) is 17.9. The van der Waals surface area contributed by atoms with Crippen LogP contribution in [0, 0.1) is 0 Å². The van der Waals surface area contributed by atoms with Crippen LogP contribution < -0.4 is 0 Å². The first kappa shape index (κ1) is 24.9. The summed E-state index contributed by atoms with van der Waals surface area (Å²) in [5.74, 6) is -0.954. The van der Waals surface area contributed by atoms with Crippen molar-refractivity contribution >= 4 is 11.9 Å². The zero-order valence-corrected chi connectivity index (χ0v) is 16.9. The zero-order valence-electron chi connectivity index (χ0n) is 16.9. The number of rotatable bonds is 19. The Labute approximate surface area is 160 Å². The molecule has 0 aliphatic heterocycles. The predicted molar refractivity (Wildman–Crippen MR) is 106 cm³/mol. The van der Waals surface area contributed by atoms with Crippen LogP contribution in [0.1, 0.15) is 103 Å². The molecule has 0 atom stereocenters. The minimum absolute atomic E-state index is 0.0385. The molecule has 0 rings (SSSR count). The molecule has 0 heterocycles. The lowest BCUT2D eigenvalue weighted by Gasteiger charge is -2.20. The molecule has 1 amide bonds. The van der Waals surface area contributed by atoms with Crippen molar-refractivity contribution < 1.29 is 19.8 Å². The third kappa shape index (κ3) is 16.4. The molecule has 0 aliphatic rings. The van der Waals surface area contributed by atoms with E-state index in [1.54, 1.807) is 0 Å². The number of unbranched alkanes of at least 4 members (excludes halogenated alkanes) is 12. The lowest BCUT2D eigenvalue weighted by Crippen LogP contribution is -2.35. The van der Waals surface area contributed by atoms with Gasteiger partial charge in [-0.2, -0.15) is 0 Å². The summed E-state index contributed by atoms with van der Waals surface area (Å²) in [5.41, 5.74) is 0. The second kappa shape index (κ2) is 18.7. The van der Waals surface area contributed by atoms with Gasteiger partial charge in [0.2, 0.25) is 5.91 Å². The largest absolute Gasteiger partial charge is 0.481 e. The summed E-state index contributed by atoms with van der Waals surface area (Å²) >= 11 is 0. The summed E-state index contributed by atoms with van der Waals surface area (Å²) in [6, 6.07) is 0. The van der Waals surface area contributed by atoms with Crippen molar-refractivity contribution in [1.82, 2.24) is 4.90 Å². The smallest absolute Gasteiger partial charge is 0.305 e. The van der Waals surface area contributed by atoms with Crippen molar-refractivity contribution in [3.8, 4) is 0 Å². The summed E-state index contributed by atoms with van der Waals surface area (Å²) in [4.78, 5) is 24.2. The number of aliphatic hydroxyl groups is 1. The Hall–Kier alpha value is -1.10. The highest BCUT2D eigenvalue weighted by molar-refractivity contribution is 5.77. The molecule has 0 fully saturated rings. The van der Waals surface area contributed by atoms with E-state index in [9.17, 15) is 9.59 Å². The van der Waals surface area contributed by atoms with Gasteiger partial charge in [0.1, 0.15) is 0 Å². The second-order valence-corrected chi connectivity index (χ2v) is 7.24. The van der Waals surface area contributed by atoms with Gasteiger partial charge in [0.25, 0.3) is 0 Å². The summed E-state index contributed by atoms with van der Waals surface area (Å²) in [6.07, 6.45) is 16.9. The Bertz CT molecular complexity index is 347. The quantitative estimate of drug-likeness (QED) is 0.321. The van der Waals surface area contributed by atoms with Crippen LogP contribution in [0.5, 0.6) is 0 Å². The van der Waals surface area contributed by atoms with Crippen LogP contribution in [-0.4, -0.2) is 46.7 Å². The third-order valence-electron chi connectivity index (χ3n) is 4.81. The van der Waals surface area contributed by atoms with Gasteiger partial charge in [0.05, 0.1) is 13.0 Å². The molecule has 0 spiro atoms. The molecule has 0 aromatic heterocycles. The van der Waals surface area contributed by atoms with Crippen molar-refractivity contribution in [1.29, 1.82) is 0 Å². The van der Waals surface area contributed by atoms with Gasteiger partial charge >= 0.3 is 5.97 Å². The molecule has 2 N–H and O–H groups in total. The number of carboxylic acid groups (broad SMARTS) is 1. The maximum Gasteiger partial charge on any atom is 0.305 e. The van der Waals surface area contributed by atoms with E-state index >= 15 is 0 Å². The first-order valence-electron chi connectivity index (χ1n) is 10.7. The molecule has 0 saturated heterocycles. The van der Waals surface area contributed by atoms with Gasteiger partial charge in [-0.1, -0.05) is 84.0 Å². The second-order valence-electron chi connectivity index (χ2n) is 7.24. The first-order valence-corrected chi connectivity index (χ1v) is 10.7. The van der Waals surface area contributed by atoms with Crippen molar-refractivity contribution in [2.75, 3.05) is 19.7 Å². The monoisotopic (exact) mass is 371 g/mol. The highest BCUT2D eigenvalue weighted by Crippen LogP contribution is 2.13. The van der Waals surface area contributed by atoms with Gasteiger partial charge < -0.3 is 15.1 Å². The van der Waals surface area contributed by atoms with Crippen molar-refractivity contribution in [2.24, 2.45) is 0 Å². The predicted octanol–water partition coefficient (Wildman–Crippen LogP) is 4.76. The van der Waals surface area contributed by atoms with Crippen molar-refractivity contribution in [3.05, 3.63) is 0 Å². The molecular formula is C21H41NO4. The number of aliphatic carboxylic acids is 1. The number of carboxylic acids is 1. The number of hydrogen-bond acceptors (Lipinski definition) is 3. The van der Waals surface area contributed by atoms with Crippen LogP contribution in [-0.2, 0) is 9.59 Å². The molecule has 0 aromatic rings. The van der Waals surface area contributed by atoms with E-state index in [0.29, 0.717) is 6.42 Å². The fourth-order valence-corrected chi connectivity index (χ4v) is 3.16. The van der Waals surface area contributed by atoms with Gasteiger partial charge in [-0.05, 0) is 6.42 Å². The minimum Gasteiger partial charge on any atom is -0.481 e. The Balaban J connectivity index is 3.49. The Morgan fingerprint density at radius 1 is 0.692 bits per heavy atom. The molecule has 0 saturated carbocycles. The van der Waals surface area contributed by atoms with Crippen LogP contribution in [0.2, 0.25) is 0 Å². The fourth-order valence-electron chi connectivity index (χ4n) is 3.16. The first-order chi connectivity index (χ1) is 12.6. The van der Waals surface area contributed by atoms with E-state index in [0.717, 1.165) is 12.8 Å². The average Bonchev–Trinajstić information content (AvgIpc) is 2.62. The number of aliphatic hydroxyl groups excluding tert-OH is 1. The Morgan fingerprint density at radius 3 is 1.58 bits per heavy atom. The van der Waals surface area contributed by atoms with Gasteiger partial charge in [-0.3, -0.25) is 9.59 Å². The van der Waals surface area contributed by atoms with E-state index in [-0.39, 0.29) is 32.0 Å². The summed E-state index contributed by atoms with van der Waals surface area (Å²) < 4.78 is 0. The van der Waals surface area contributed by atoms with Gasteiger partial charge in [-0.25, -0.2) is 0 Å². The molecule has 0 unspecified atom stereocenters. The molecule has 5 nitrogen and oxygen atoms in total. The molecule has 0 radical (unpaired) electrons. The fraction of sp³-hybridized carbons (Fsp3) is 0.905. The molecular weight excluding hydrogens is 330 g/mol. The highest BCUT2D eigenvalue weighted by Gasteiger charge is 2.13. The standard InChI is InChI=1S/C21H41NO4/c1-2-3-4-5-6-7-8-9-10-11-12-13-14-15-20(24)22(18-19-23)17-16-21(25)26/h23H,2-19H2,1H3,(H,25,26). The van der Waals surface area contributed by atoms with E-state index in [1.807, 2.05) is 0 Å². The summed E-state index contributed by atoms with van der Waals surface area (Å²) in [7, 11) is 0. The number of carbonyl (C=O) groups excluding carboxylic acids is 1. The zero-order chi connectivity index (χ0) is 19.5.